The second kappa shape index (κ2) is 8.80. The van der Waals surface area contributed by atoms with E-state index < -0.39 is 5.97 Å². The van der Waals surface area contributed by atoms with Crippen LogP contribution in [0.1, 0.15) is 16.8 Å². The fourth-order valence-corrected chi connectivity index (χ4v) is 3.22. The Morgan fingerprint density at radius 2 is 1.77 bits per heavy atom. The van der Waals surface area contributed by atoms with E-state index in [1.54, 1.807) is 54.6 Å². The summed E-state index contributed by atoms with van der Waals surface area (Å²) in [6, 6.07) is 25.9. The minimum absolute atomic E-state index is 0.173. The van der Waals surface area contributed by atoms with Gasteiger partial charge in [0.05, 0.1) is 16.8 Å². The second-order valence-electron chi connectivity index (χ2n) is 6.73. The first kappa shape index (κ1) is 19.7. The molecule has 0 radical (unpaired) electrons. The Kier molecular flexibility index (Phi) is 5.77. The van der Waals surface area contributed by atoms with Gasteiger partial charge in [0.25, 0.3) is 0 Å². The number of pyridine rings is 1. The summed E-state index contributed by atoms with van der Waals surface area (Å²) in [5.74, 6) is -0.441. The van der Waals surface area contributed by atoms with E-state index in [0.29, 0.717) is 16.3 Å². The molecule has 148 valence electrons. The van der Waals surface area contributed by atoms with Crippen LogP contribution in [0.25, 0.3) is 22.6 Å². The zero-order valence-electron chi connectivity index (χ0n) is 16.0. The van der Waals surface area contributed by atoms with Crippen molar-refractivity contribution in [2.24, 2.45) is 0 Å². The van der Waals surface area contributed by atoms with Gasteiger partial charge in [-0.2, -0.15) is 0 Å². The zero-order valence-corrected chi connectivity index (χ0v) is 16.7. The van der Waals surface area contributed by atoms with E-state index in [0.717, 1.165) is 22.2 Å². The molecule has 0 aliphatic heterocycles. The third-order valence-corrected chi connectivity index (χ3v) is 4.85. The van der Waals surface area contributed by atoms with Crippen LogP contribution in [0.15, 0.2) is 84.9 Å². The van der Waals surface area contributed by atoms with Gasteiger partial charge in [-0.25, -0.2) is 9.78 Å². The third-order valence-electron chi connectivity index (χ3n) is 4.60. The number of fused-ring (bicyclic) bond motifs is 1. The molecule has 0 bridgehead atoms. The molecule has 4 nitrogen and oxygen atoms in total. The monoisotopic (exact) mass is 415 g/mol. The molecule has 0 unspecified atom stereocenters. The van der Waals surface area contributed by atoms with E-state index in [1.165, 1.54) is 0 Å². The molecule has 0 aliphatic carbocycles. The number of carboxylic acids is 1. The molecule has 5 heteroatoms. The van der Waals surface area contributed by atoms with E-state index in [9.17, 15) is 9.90 Å². The van der Waals surface area contributed by atoms with Crippen LogP contribution in [-0.4, -0.2) is 16.1 Å². The number of hydrogen-bond donors (Lipinski definition) is 1. The Bertz CT molecular complexity index is 1230. The number of ether oxygens (including phenoxy) is 1. The maximum atomic E-state index is 11.8. The summed E-state index contributed by atoms with van der Waals surface area (Å²) in [5, 5.41) is 11.4. The summed E-state index contributed by atoms with van der Waals surface area (Å²) in [6.45, 7) is 0.289. The van der Waals surface area contributed by atoms with Gasteiger partial charge in [0.2, 0.25) is 0 Å². The SMILES string of the molecule is O=C(O)/C(=C/c1ccc(Cl)cc1)c1cccc(OCc2ccc3ccccc3n2)c1. The van der Waals surface area contributed by atoms with Gasteiger partial charge in [-0.1, -0.05) is 60.1 Å². The third kappa shape index (κ3) is 4.67. The van der Waals surface area contributed by atoms with Gasteiger partial charge in [-0.05, 0) is 53.6 Å². The lowest BCUT2D eigenvalue weighted by Gasteiger charge is -2.09. The molecule has 1 aromatic heterocycles. The number of aliphatic carboxylic acids is 1. The first-order valence-corrected chi connectivity index (χ1v) is 9.75. The highest BCUT2D eigenvalue weighted by Crippen LogP contribution is 2.24. The fraction of sp³-hybridized carbons (Fsp3) is 0.0400. The van der Waals surface area contributed by atoms with Crippen LogP contribution in [0, 0.1) is 0 Å². The Hall–Kier alpha value is -3.63. The highest BCUT2D eigenvalue weighted by molar-refractivity contribution is 6.30. The standard InChI is InChI=1S/C25H18ClNO3/c26-20-11-8-17(9-12-20)14-23(25(28)29)19-5-3-6-22(15-19)30-16-21-13-10-18-4-1-2-7-24(18)27-21/h1-15H,16H2,(H,28,29)/b23-14+. The number of carboxylic acid groups (broad SMARTS) is 1. The number of rotatable bonds is 6. The van der Waals surface area contributed by atoms with Crippen LogP contribution in [0.2, 0.25) is 5.02 Å². The predicted molar refractivity (Wildman–Crippen MR) is 119 cm³/mol. The number of carbonyl (C=O) groups is 1. The molecule has 4 aromatic rings. The number of nitrogens with zero attached hydrogens (tertiary/aromatic N) is 1. The lowest BCUT2D eigenvalue weighted by molar-refractivity contribution is -0.130. The molecule has 0 spiro atoms. The zero-order chi connectivity index (χ0) is 20.9. The van der Waals surface area contributed by atoms with Gasteiger partial charge in [0.15, 0.2) is 0 Å². The first-order chi connectivity index (χ1) is 14.6. The molecule has 0 saturated carbocycles. The average molecular weight is 416 g/mol. The lowest BCUT2D eigenvalue weighted by atomic mass is 10.0. The number of para-hydroxylation sites is 1. The predicted octanol–water partition coefficient (Wildman–Crippen LogP) is 6.09. The number of aromatic nitrogens is 1. The normalized spacial score (nSPS) is 11.4. The van der Waals surface area contributed by atoms with Crippen LogP contribution >= 0.6 is 11.6 Å². The van der Waals surface area contributed by atoms with Crippen molar-refractivity contribution >= 4 is 40.1 Å². The molecule has 0 amide bonds. The second-order valence-corrected chi connectivity index (χ2v) is 7.16. The summed E-state index contributed by atoms with van der Waals surface area (Å²) in [7, 11) is 0. The van der Waals surface area contributed by atoms with Crippen LogP contribution < -0.4 is 4.74 Å². The summed E-state index contributed by atoms with van der Waals surface area (Å²) in [4.78, 5) is 16.4. The lowest BCUT2D eigenvalue weighted by Crippen LogP contribution is -2.02. The average Bonchev–Trinajstić information content (AvgIpc) is 2.77. The highest BCUT2D eigenvalue weighted by atomic mass is 35.5. The molecule has 3 aromatic carbocycles. The van der Waals surface area contributed by atoms with Crippen molar-refractivity contribution in [1.82, 2.24) is 4.98 Å². The van der Waals surface area contributed by atoms with E-state index in [1.807, 2.05) is 36.4 Å². The molecule has 0 aliphatic rings. The minimum Gasteiger partial charge on any atom is -0.487 e. The van der Waals surface area contributed by atoms with Crippen LogP contribution in [0.3, 0.4) is 0 Å². The van der Waals surface area contributed by atoms with Crippen molar-refractivity contribution in [3.63, 3.8) is 0 Å². The highest BCUT2D eigenvalue weighted by Gasteiger charge is 2.12. The quantitative estimate of drug-likeness (QED) is 0.305. The van der Waals surface area contributed by atoms with Crippen molar-refractivity contribution in [1.29, 1.82) is 0 Å². The Morgan fingerprint density at radius 3 is 2.57 bits per heavy atom. The van der Waals surface area contributed by atoms with Crippen molar-refractivity contribution < 1.29 is 14.6 Å². The van der Waals surface area contributed by atoms with E-state index >= 15 is 0 Å². The van der Waals surface area contributed by atoms with E-state index in [2.05, 4.69) is 4.98 Å². The summed E-state index contributed by atoms with van der Waals surface area (Å²) < 4.78 is 5.88. The van der Waals surface area contributed by atoms with Crippen molar-refractivity contribution in [2.75, 3.05) is 0 Å². The molecule has 1 heterocycles. The molecule has 0 saturated heterocycles. The van der Waals surface area contributed by atoms with Gasteiger partial charge < -0.3 is 9.84 Å². The van der Waals surface area contributed by atoms with Gasteiger partial charge in [0.1, 0.15) is 12.4 Å². The Labute approximate surface area is 179 Å². The van der Waals surface area contributed by atoms with Gasteiger partial charge in [-0.15, -0.1) is 0 Å². The molecular formula is C25H18ClNO3. The smallest absolute Gasteiger partial charge is 0.336 e. The minimum atomic E-state index is -1.02. The van der Waals surface area contributed by atoms with Gasteiger partial charge in [-0.3, -0.25) is 0 Å². The number of halogens is 1. The molecule has 1 N–H and O–H groups in total. The Balaban J connectivity index is 1.55. The van der Waals surface area contributed by atoms with Gasteiger partial charge >= 0.3 is 5.97 Å². The molecule has 30 heavy (non-hydrogen) atoms. The van der Waals surface area contributed by atoms with Crippen molar-refractivity contribution in [2.45, 2.75) is 6.61 Å². The summed E-state index contributed by atoms with van der Waals surface area (Å²) in [5.41, 5.74) is 3.19. The Morgan fingerprint density at radius 1 is 0.967 bits per heavy atom. The van der Waals surface area contributed by atoms with Crippen LogP contribution in [-0.2, 0) is 11.4 Å². The molecule has 4 rings (SSSR count). The maximum absolute atomic E-state index is 11.8. The van der Waals surface area contributed by atoms with Crippen molar-refractivity contribution in [3.05, 3.63) is 107 Å². The summed E-state index contributed by atoms with van der Waals surface area (Å²) in [6.07, 6.45) is 1.61. The van der Waals surface area contributed by atoms with E-state index in [4.69, 9.17) is 16.3 Å². The molecule has 0 fully saturated rings. The molecular weight excluding hydrogens is 398 g/mol. The van der Waals surface area contributed by atoms with Crippen molar-refractivity contribution in [3.8, 4) is 5.75 Å². The van der Waals surface area contributed by atoms with Crippen LogP contribution in [0.5, 0.6) is 5.75 Å². The number of hydrogen-bond acceptors (Lipinski definition) is 3. The largest absolute Gasteiger partial charge is 0.487 e. The summed E-state index contributed by atoms with van der Waals surface area (Å²) >= 11 is 5.91. The van der Waals surface area contributed by atoms with Gasteiger partial charge in [0, 0.05) is 10.4 Å². The fourth-order valence-electron chi connectivity index (χ4n) is 3.09. The van der Waals surface area contributed by atoms with E-state index in [-0.39, 0.29) is 12.2 Å². The topological polar surface area (TPSA) is 59.4 Å². The molecule has 0 atom stereocenters. The van der Waals surface area contributed by atoms with Crippen LogP contribution in [0.4, 0.5) is 0 Å². The maximum Gasteiger partial charge on any atom is 0.336 e. The number of benzene rings is 3. The first-order valence-electron chi connectivity index (χ1n) is 9.37.